The molecule has 4 nitrogen and oxygen atoms in total. The van der Waals surface area contributed by atoms with Crippen molar-refractivity contribution in [2.45, 2.75) is 46.1 Å². The van der Waals surface area contributed by atoms with Gasteiger partial charge in [0.1, 0.15) is 5.65 Å². The Morgan fingerprint density at radius 3 is 2.88 bits per heavy atom. The van der Waals surface area contributed by atoms with Crippen LogP contribution in [0.25, 0.3) is 11.7 Å². The third kappa shape index (κ3) is 2.42. The molecule has 5 heteroatoms. The molecular weight excluding hydrogens is 334 g/mol. The van der Waals surface area contributed by atoms with Crippen molar-refractivity contribution < 1.29 is 4.79 Å². The first-order valence-electron chi connectivity index (χ1n) is 8.94. The fourth-order valence-corrected chi connectivity index (χ4v) is 5.17. The van der Waals surface area contributed by atoms with Crippen LogP contribution >= 0.6 is 11.6 Å². The van der Waals surface area contributed by atoms with E-state index in [4.69, 9.17) is 11.6 Å². The number of nitrogens with one attached hydrogen (secondary N) is 1. The zero-order valence-electron chi connectivity index (χ0n) is 14.9. The average Bonchev–Trinajstić information content (AvgIpc) is 3.07. The second-order valence-corrected chi connectivity index (χ2v) is 8.58. The van der Waals surface area contributed by atoms with Crippen LogP contribution < -0.4 is 5.32 Å². The number of halogens is 1. The molecule has 0 aromatic carbocycles. The molecule has 0 spiro atoms. The van der Waals surface area contributed by atoms with Gasteiger partial charge in [-0.05, 0) is 54.2 Å². The van der Waals surface area contributed by atoms with E-state index in [-0.39, 0.29) is 17.4 Å². The molecule has 0 radical (unpaired) electrons. The van der Waals surface area contributed by atoms with Crippen molar-refractivity contribution in [3.05, 3.63) is 41.3 Å². The fraction of sp³-hybridized carbons (Fsp3) is 0.500. The van der Waals surface area contributed by atoms with Crippen LogP contribution in [-0.4, -0.2) is 21.3 Å². The lowest BCUT2D eigenvalue weighted by atomic mass is 9.69. The monoisotopic (exact) mass is 357 g/mol. The number of amides is 1. The molecule has 2 heterocycles. The Bertz CT molecular complexity index is 869. The van der Waals surface area contributed by atoms with E-state index in [9.17, 15) is 4.79 Å². The number of carbonyl (C=O) groups excluding carboxylic acids is 1. The molecular formula is C20H24ClN3O. The second kappa shape index (κ2) is 5.60. The SMILES string of the molecule is CC1(C)C2CCC1(C)C(NC(=O)/C=C/c1c(Cl)nc3ccccn13)C2. The van der Waals surface area contributed by atoms with Gasteiger partial charge >= 0.3 is 0 Å². The van der Waals surface area contributed by atoms with Gasteiger partial charge in [-0.1, -0.05) is 38.4 Å². The zero-order chi connectivity index (χ0) is 17.8. The van der Waals surface area contributed by atoms with Crippen LogP contribution in [0.3, 0.4) is 0 Å². The van der Waals surface area contributed by atoms with Crippen LogP contribution in [0.4, 0.5) is 0 Å². The van der Waals surface area contributed by atoms with E-state index >= 15 is 0 Å². The number of imidazole rings is 1. The lowest BCUT2D eigenvalue weighted by Gasteiger charge is -2.39. The van der Waals surface area contributed by atoms with Crippen molar-refractivity contribution in [1.29, 1.82) is 0 Å². The Morgan fingerprint density at radius 1 is 1.40 bits per heavy atom. The number of hydrogen-bond acceptors (Lipinski definition) is 2. The standard InChI is InChI=1S/C20H24ClN3O/c1-19(2)13-9-10-20(19,3)15(12-13)22-17(25)8-7-14-18(21)23-16-6-4-5-11-24(14)16/h4-8,11,13,15H,9-10,12H2,1-3H3,(H,22,25)/b8-7+. The van der Waals surface area contributed by atoms with Crippen LogP contribution in [-0.2, 0) is 4.79 Å². The number of carbonyl (C=O) groups is 1. The number of hydrogen-bond donors (Lipinski definition) is 1. The van der Waals surface area contributed by atoms with Gasteiger partial charge in [-0.3, -0.25) is 9.20 Å². The number of rotatable bonds is 3. The highest BCUT2D eigenvalue weighted by atomic mass is 35.5. The number of pyridine rings is 1. The molecule has 3 atom stereocenters. The van der Waals surface area contributed by atoms with Crippen LogP contribution in [0, 0.1) is 16.7 Å². The third-order valence-electron chi connectivity index (χ3n) is 7.03. The molecule has 2 aromatic rings. The van der Waals surface area contributed by atoms with Crippen LogP contribution in [0.1, 0.15) is 45.7 Å². The highest BCUT2D eigenvalue weighted by Crippen LogP contribution is 2.65. The summed E-state index contributed by atoms with van der Waals surface area (Å²) in [5, 5.41) is 3.64. The van der Waals surface area contributed by atoms with Gasteiger partial charge in [0.25, 0.3) is 0 Å². The van der Waals surface area contributed by atoms with E-state index in [0.29, 0.717) is 16.5 Å². The fourth-order valence-electron chi connectivity index (χ4n) is 4.93. The molecule has 2 fully saturated rings. The molecule has 2 aliphatic carbocycles. The molecule has 2 bridgehead atoms. The predicted molar refractivity (Wildman–Crippen MR) is 100 cm³/mol. The summed E-state index contributed by atoms with van der Waals surface area (Å²) in [6.07, 6.45) is 8.77. The van der Waals surface area contributed by atoms with Crippen molar-refractivity contribution in [2.75, 3.05) is 0 Å². The zero-order valence-corrected chi connectivity index (χ0v) is 15.7. The molecule has 1 amide bonds. The van der Waals surface area contributed by atoms with Crippen LogP contribution in [0.2, 0.25) is 5.15 Å². The van der Waals surface area contributed by atoms with Gasteiger partial charge in [-0.15, -0.1) is 0 Å². The summed E-state index contributed by atoms with van der Waals surface area (Å²) in [6, 6.07) is 5.97. The first-order chi connectivity index (χ1) is 11.8. The van der Waals surface area contributed by atoms with Gasteiger partial charge in [0.05, 0.1) is 5.69 Å². The van der Waals surface area contributed by atoms with E-state index in [0.717, 1.165) is 17.8 Å². The van der Waals surface area contributed by atoms with Gasteiger partial charge in [0, 0.05) is 18.3 Å². The minimum absolute atomic E-state index is 0.0588. The summed E-state index contributed by atoms with van der Waals surface area (Å²) in [4.78, 5) is 16.8. The Morgan fingerprint density at radius 2 is 2.20 bits per heavy atom. The smallest absolute Gasteiger partial charge is 0.244 e. The first kappa shape index (κ1) is 16.6. The summed E-state index contributed by atoms with van der Waals surface area (Å²) in [5.41, 5.74) is 1.98. The topological polar surface area (TPSA) is 46.4 Å². The first-order valence-corrected chi connectivity index (χ1v) is 9.32. The molecule has 132 valence electrons. The minimum atomic E-state index is -0.0588. The Kier molecular flexibility index (Phi) is 3.73. The highest BCUT2D eigenvalue weighted by Gasteiger charge is 2.61. The summed E-state index contributed by atoms with van der Waals surface area (Å²) in [6.45, 7) is 7.03. The maximum atomic E-state index is 12.5. The second-order valence-electron chi connectivity index (χ2n) is 8.22. The Balaban J connectivity index is 1.51. The number of fused-ring (bicyclic) bond motifs is 3. The third-order valence-corrected chi connectivity index (χ3v) is 7.30. The lowest BCUT2D eigenvalue weighted by molar-refractivity contribution is -0.118. The molecule has 2 aliphatic rings. The van der Waals surface area contributed by atoms with E-state index < -0.39 is 0 Å². The summed E-state index contributed by atoms with van der Waals surface area (Å²) < 4.78 is 1.88. The normalized spacial score (nSPS) is 30.4. The molecule has 0 aliphatic heterocycles. The average molecular weight is 358 g/mol. The van der Waals surface area contributed by atoms with E-state index in [1.54, 1.807) is 12.2 Å². The maximum absolute atomic E-state index is 12.5. The number of nitrogens with zero attached hydrogens (tertiary/aromatic N) is 2. The number of aromatic nitrogens is 2. The Hall–Kier alpha value is -1.81. The van der Waals surface area contributed by atoms with Crippen LogP contribution in [0.15, 0.2) is 30.5 Å². The van der Waals surface area contributed by atoms with Gasteiger partial charge in [-0.25, -0.2) is 4.98 Å². The maximum Gasteiger partial charge on any atom is 0.244 e. The molecule has 0 saturated heterocycles. The quantitative estimate of drug-likeness (QED) is 0.831. The molecule has 4 rings (SSSR count). The molecule has 3 unspecified atom stereocenters. The summed E-state index contributed by atoms with van der Waals surface area (Å²) in [5.74, 6) is 0.650. The van der Waals surface area contributed by atoms with Crippen molar-refractivity contribution in [2.24, 2.45) is 16.7 Å². The highest BCUT2D eigenvalue weighted by molar-refractivity contribution is 6.31. The Labute approximate surface area is 153 Å². The predicted octanol–water partition coefficient (Wildman–Crippen LogP) is 4.33. The lowest BCUT2D eigenvalue weighted by Crippen LogP contribution is -2.46. The van der Waals surface area contributed by atoms with Crippen molar-refractivity contribution in [3.8, 4) is 0 Å². The summed E-state index contributed by atoms with van der Waals surface area (Å²) >= 11 is 6.22. The van der Waals surface area contributed by atoms with Gasteiger partial charge in [0.15, 0.2) is 5.15 Å². The minimum Gasteiger partial charge on any atom is -0.349 e. The molecule has 2 aromatic heterocycles. The summed E-state index contributed by atoms with van der Waals surface area (Å²) in [7, 11) is 0. The van der Waals surface area contributed by atoms with Gasteiger partial charge in [-0.2, -0.15) is 0 Å². The molecule has 1 N–H and O–H groups in total. The van der Waals surface area contributed by atoms with Gasteiger partial charge in [0.2, 0.25) is 5.91 Å². The van der Waals surface area contributed by atoms with E-state index in [1.165, 1.54) is 12.8 Å². The van der Waals surface area contributed by atoms with E-state index in [1.807, 2.05) is 28.8 Å². The van der Waals surface area contributed by atoms with Crippen molar-refractivity contribution in [1.82, 2.24) is 14.7 Å². The molecule has 25 heavy (non-hydrogen) atoms. The van der Waals surface area contributed by atoms with E-state index in [2.05, 4.69) is 31.1 Å². The van der Waals surface area contributed by atoms with Crippen LogP contribution in [0.5, 0.6) is 0 Å². The molecule has 2 saturated carbocycles. The van der Waals surface area contributed by atoms with Gasteiger partial charge < -0.3 is 5.32 Å². The van der Waals surface area contributed by atoms with Crippen molar-refractivity contribution >= 4 is 29.2 Å². The van der Waals surface area contributed by atoms with Crippen molar-refractivity contribution in [3.63, 3.8) is 0 Å². The largest absolute Gasteiger partial charge is 0.349 e.